The molecule has 3 aromatic rings. The maximum atomic E-state index is 13.2. The van der Waals surface area contributed by atoms with E-state index in [2.05, 4.69) is 10.3 Å². The molecule has 156 valence electrons. The van der Waals surface area contributed by atoms with E-state index in [4.69, 9.17) is 9.47 Å². The van der Waals surface area contributed by atoms with E-state index in [0.717, 1.165) is 0 Å². The van der Waals surface area contributed by atoms with Gasteiger partial charge in [-0.25, -0.2) is 13.4 Å². The molecule has 1 N–H and O–H groups in total. The van der Waals surface area contributed by atoms with E-state index in [1.165, 1.54) is 11.7 Å². The normalized spacial score (nSPS) is 14.2. The van der Waals surface area contributed by atoms with Crippen LogP contribution >= 0.6 is 0 Å². The van der Waals surface area contributed by atoms with Crippen molar-refractivity contribution in [2.24, 2.45) is 0 Å². The second kappa shape index (κ2) is 7.83. The van der Waals surface area contributed by atoms with Crippen LogP contribution in [0.15, 0.2) is 53.7 Å². The molecule has 0 fully saturated rings. The minimum Gasteiger partial charge on any atom is -0.497 e. The number of fused-ring (bicyclic) bond motifs is 1. The maximum Gasteiger partial charge on any atom is 0.274 e. The molecule has 8 nitrogen and oxygen atoms in total. The fourth-order valence-corrected chi connectivity index (χ4v) is 4.73. The van der Waals surface area contributed by atoms with Crippen molar-refractivity contribution >= 4 is 21.4 Å². The topological polar surface area (TPSA) is 99.5 Å². The molecule has 1 amide bonds. The minimum absolute atomic E-state index is 0.0724. The monoisotopic (exact) mass is 427 g/mol. The van der Waals surface area contributed by atoms with Gasteiger partial charge in [-0.1, -0.05) is 12.1 Å². The highest BCUT2D eigenvalue weighted by molar-refractivity contribution is 7.91. The quantitative estimate of drug-likeness (QED) is 0.649. The summed E-state index contributed by atoms with van der Waals surface area (Å²) >= 11 is 0. The van der Waals surface area contributed by atoms with Crippen LogP contribution in [-0.2, 0) is 16.4 Å². The van der Waals surface area contributed by atoms with Crippen LogP contribution in [0, 0.1) is 0 Å². The van der Waals surface area contributed by atoms with E-state index in [1.54, 1.807) is 48.5 Å². The van der Waals surface area contributed by atoms with E-state index in [9.17, 15) is 13.2 Å². The van der Waals surface area contributed by atoms with Gasteiger partial charge < -0.3 is 19.4 Å². The summed E-state index contributed by atoms with van der Waals surface area (Å²) in [7, 11) is -1.99. The van der Waals surface area contributed by atoms with Crippen LogP contribution in [-0.4, -0.2) is 43.3 Å². The van der Waals surface area contributed by atoms with Gasteiger partial charge in [0, 0.05) is 17.8 Å². The molecule has 1 aliphatic heterocycles. The second-order valence-electron chi connectivity index (χ2n) is 6.71. The number of nitrogens with one attached hydrogen (secondary N) is 1. The van der Waals surface area contributed by atoms with Crippen molar-refractivity contribution in [1.29, 1.82) is 0 Å². The first-order valence-electron chi connectivity index (χ1n) is 9.45. The van der Waals surface area contributed by atoms with Crippen molar-refractivity contribution in [3.63, 3.8) is 0 Å². The van der Waals surface area contributed by atoms with E-state index in [1.807, 2.05) is 6.92 Å². The van der Waals surface area contributed by atoms with E-state index in [0.29, 0.717) is 35.1 Å². The maximum absolute atomic E-state index is 13.2. The van der Waals surface area contributed by atoms with Gasteiger partial charge in [0.25, 0.3) is 5.91 Å². The van der Waals surface area contributed by atoms with Gasteiger partial charge in [-0.05, 0) is 43.3 Å². The Morgan fingerprint density at radius 2 is 1.93 bits per heavy atom. The molecule has 2 heterocycles. The molecule has 0 aliphatic carbocycles. The van der Waals surface area contributed by atoms with E-state index >= 15 is 0 Å². The van der Waals surface area contributed by atoms with Crippen LogP contribution in [0.4, 0.5) is 5.69 Å². The number of ether oxygens (including phenoxy) is 2. The van der Waals surface area contributed by atoms with Crippen LogP contribution in [0.3, 0.4) is 0 Å². The number of carbonyl (C=O) groups excluding carboxylic acids is 1. The molecule has 4 rings (SSSR count). The zero-order valence-electron chi connectivity index (χ0n) is 16.6. The fraction of sp³-hybridized carbons (Fsp3) is 0.238. The van der Waals surface area contributed by atoms with Crippen molar-refractivity contribution in [3.8, 4) is 22.8 Å². The summed E-state index contributed by atoms with van der Waals surface area (Å²) in [5, 5.41) is 2.74. The molecule has 0 spiro atoms. The Morgan fingerprint density at radius 3 is 2.63 bits per heavy atom. The predicted octanol–water partition coefficient (Wildman–Crippen LogP) is 3.00. The lowest BCUT2D eigenvalue weighted by molar-refractivity contribution is 0.101. The number of anilines is 1. The molecule has 0 bridgehead atoms. The van der Waals surface area contributed by atoms with Gasteiger partial charge in [-0.2, -0.15) is 0 Å². The molecule has 0 atom stereocenters. The Balaban J connectivity index is 1.75. The van der Waals surface area contributed by atoms with Gasteiger partial charge in [0.15, 0.2) is 0 Å². The summed E-state index contributed by atoms with van der Waals surface area (Å²) in [6, 6.07) is 14.0. The van der Waals surface area contributed by atoms with Gasteiger partial charge in [-0.3, -0.25) is 4.79 Å². The fourth-order valence-electron chi connectivity index (χ4n) is 3.37. The number of rotatable bonds is 6. The predicted molar refractivity (Wildman–Crippen MR) is 112 cm³/mol. The first-order chi connectivity index (χ1) is 14.4. The summed E-state index contributed by atoms with van der Waals surface area (Å²) in [6.07, 6.45) is 0. The Morgan fingerprint density at radius 1 is 1.17 bits per heavy atom. The molecule has 0 unspecified atom stereocenters. The number of hydrogen-bond acceptors (Lipinski definition) is 6. The third kappa shape index (κ3) is 3.63. The van der Waals surface area contributed by atoms with Crippen LogP contribution in [0.25, 0.3) is 11.3 Å². The van der Waals surface area contributed by atoms with Gasteiger partial charge in [0.05, 0.1) is 19.5 Å². The molecule has 0 saturated heterocycles. The third-order valence-corrected chi connectivity index (χ3v) is 6.36. The molecule has 1 aromatic heterocycles. The lowest BCUT2D eigenvalue weighted by atomic mass is 10.1. The smallest absolute Gasteiger partial charge is 0.274 e. The first-order valence-corrected chi connectivity index (χ1v) is 11.1. The van der Waals surface area contributed by atoms with Crippen molar-refractivity contribution < 1.29 is 22.7 Å². The van der Waals surface area contributed by atoms with Gasteiger partial charge >= 0.3 is 0 Å². The number of amides is 1. The molecular weight excluding hydrogens is 406 g/mol. The van der Waals surface area contributed by atoms with Crippen LogP contribution in [0.5, 0.6) is 11.5 Å². The number of imidazole rings is 1. The SMILES string of the molecule is CCOc1ccc(NC(=O)c2c(-c3cccc(OC)c3)nc3n2CCS3(=O)=O)cc1. The number of sulfone groups is 1. The largest absolute Gasteiger partial charge is 0.497 e. The first kappa shape index (κ1) is 20.0. The number of aromatic nitrogens is 2. The molecular formula is C21H21N3O5S. The number of nitrogens with zero attached hydrogens (tertiary/aromatic N) is 2. The number of carbonyl (C=O) groups is 1. The average molecular weight is 427 g/mol. The van der Waals surface area contributed by atoms with Gasteiger partial charge in [0.2, 0.25) is 15.0 Å². The summed E-state index contributed by atoms with van der Waals surface area (Å²) in [5.41, 5.74) is 1.67. The van der Waals surface area contributed by atoms with Crippen molar-refractivity contribution in [2.45, 2.75) is 18.6 Å². The zero-order valence-corrected chi connectivity index (χ0v) is 17.4. The van der Waals surface area contributed by atoms with Crippen molar-refractivity contribution in [2.75, 3.05) is 24.8 Å². The minimum atomic E-state index is -3.53. The van der Waals surface area contributed by atoms with Crippen molar-refractivity contribution in [3.05, 3.63) is 54.2 Å². The highest BCUT2D eigenvalue weighted by Crippen LogP contribution is 2.32. The van der Waals surface area contributed by atoms with E-state index < -0.39 is 15.7 Å². The Kier molecular flexibility index (Phi) is 5.21. The number of benzene rings is 2. The highest BCUT2D eigenvalue weighted by atomic mass is 32.2. The molecule has 1 aliphatic rings. The molecule has 0 saturated carbocycles. The van der Waals surface area contributed by atoms with Gasteiger partial charge in [-0.15, -0.1) is 0 Å². The Labute approximate surface area is 174 Å². The van der Waals surface area contributed by atoms with Crippen LogP contribution < -0.4 is 14.8 Å². The molecule has 0 radical (unpaired) electrons. The Hall–Kier alpha value is -3.33. The molecule has 30 heavy (non-hydrogen) atoms. The molecule has 2 aromatic carbocycles. The van der Waals surface area contributed by atoms with Crippen molar-refractivity contribution in [1.82, 2.24) is 9.55 Å². The Bertz CT molecular complexity index is 1200. The molecule has 9 heteroatoms. The van der Waals surface area contributed by atoms with Gasteiger partial charge in [0.1, 0.15) is 22.9 Å². The summed E-state index contributed by atoms with van der Waals surface area (Å²) in [5.74, 6) is 0.773. The third-order valence-electron chi connectivity index (χ3n) is 4.78. The van der Waals surface area contributed by atoms with Crippen LogP contribution in [0.2, 0.25) is 0 Å². The highest BCUT2D eigenvalue weighted by Gasteiger charge is 2.35. The number of hydrogen-bond donors (Lipinski definition) is 1. The second-order valence-corrected chi connectivity index (χ2v) is 8.71. The summed E-state index contributed by atoms with van der Waals surface area (Å²) < 4.78 is 36.9. The van der Waals surface area contributed by atoms with Crippen LogP contribution in [0.1, 0.15) is 17.4 Å². The standard InChI is InChI=1S/C21H21N3O5S/c1-3-29-16-9-7-15(8-10-16)22-20(25)19-18(14-5-4-6-17(13-14)28-2)23-21-24(19)11-12-30(21,26)27/h4-10,13H,3,11-12H2,1-2H3,(H,22,25). The summed E-state index contributed by atoms with van der Waals surface area (Å²) in [6.45, 7) is 2.62. The lowest BCUT2D eigenvalue weighted by Gasteiger charge is -2.10. The summed E-state index contributed by atoms with van der Waals surface area (Å²) in [4.78, 5) is 17.5. The average Bonchev–Trinajstić information content (AvgIpc) is 3.27. The lowest BCUT2D eigenvalue weighted by Crippen LogP contribution is -2.17. The van der Waals surface area contributed by atoms with E-state index in [-0.39, 0.29) is 23.1 Å². The zero-order chi connectivity index (χ0) is 21.3. The number of methoxy groups -OCH3 is 1.